The van der Waals surface area contributed by atoms with Crippen molar-refractivity contribution < 1.29 is 4.39 Å². The Kier molecular flexibility index (Phi) is 4.42. The Hall–Kier alpha value is -1.56. The number of hydrogen-bond donors (Lipinski definition) is 2. The number of hydrazine groups is 1. The monoisotopic (exact) mass is 280 g/mol. The molecule has 1 aromatic heterocycles. The molecular weight excluding hydrogens is 267 g/mol. The quantitative estimate of drug-likeness (QED) is 0.666. The van der Waals surface area contributed by atoms with E-state index < -0.39 is 0 Å². The molecule has 1 atom stereocenters. The number of nitrogens with one attached hydrogen (secondary N) is 1. The highest BCUT2D eigenvalue weighted by molar-refractivity contribution is 6.31. The molecule has 3 N–H and O–H groups in total. The van der Waals surface area contributed by atoms with Gasteiger partial charge in [0.05, 0.1) is 23.6 Å². The smallest absolute Gasteiger partial charge is 0.123 e. The third-order valence-electron chi connectivity index (χ3n) is 2.79. The highest BCUT2D eigenvalue weighted by atomic mass is 35.5. The summed E-state index contributed by atoms with van der Waals surface area (Å²) in [6.45, 7) is 1.85. The summed E-state index contributed by atoms with van der Waals surface area (Å²) in [5, 5.41) is 0.502. The van der Waals surface area contributed by atoms with Crippen LogP contribution in [-0.4, -0.2) is 9.97 Å². The van der Waals surface area contributed by atoms with Gasteiger partial charge in [0.25, 0.3) is 0 Å². The highest BCUT2D eigenvalue weighted by Gasteiger charge is 2.14. The zero-order valence-electron chi connectivity index (χ0n) is 10.4. The Balaban J connectivity index is 2.23. The van der Waals surface area contributed by atoms with E-state index in [0.717, 1.165) is 5.69 Å². The molecule has 2 aromatic rings. The third kappa shape index (κ3) is 3.47. The first-order chi connectivity index (χ1) is 9.10. The third-order valence-corrected chi connectivity index (χ3v) is 3.16. The van der Waals surface area contributed by atoms with Gasteiger partial charge in [-0.3, -0.25) is 21.2 Å². The number of halogens is 2. The largest absolute Gasteiger partial charge is 0.271 e. The normalized spacial score (nSPS) is 12.4. The molecule has 0 aliphatic carbocycles. The first kappa shape index (κ1) is 13.9. The van der Waals surface area contributed by atoms with Crippen molar-refractivity contribution in [1.82, 2.24) is 15.4 Å². The van der Waals surface area contributed by atoms with Crippen LogP contribution in [0.2, 0.25) is 5.02 Å². The minimum atomic E-state index is -0.329. The van der Waals surface area contributed by atoms with Crippen LogP contribution in [0.15, 0.2) is 30.6 Å². The van der Waals surface area contributed by atoms with Gasteiger partial charge < -0.3 is 0 Å². The summed E-state index contributed by atoms with van der Waals surface area (Å²) in [4.78, 5) is 8.42. The lowest BCUT2D eigenvalue weighted by molar-refractivity contribution is 0.533. The molecule has 1 aromatic carbocycles. The predicted molar refractivity (Wildman–Crippen MR) is 71.9 cm³/mol. The van der Waals surface area contributed by atoms with E-state index in [-0.39, 0.29) is 11.9 Å². The highest BCUT2D eigenvalue weighted by Crippen LogP contribution is 2.23. The van der Waals surface area contributed by atoms with Crippen LogP contribution in [0.4, 0.5) is 4.39 Å². The molecule has 1 heterocycles. The van der Waals surface area contributed by atoms with Crippen molar-refractivity contribution in [2.24, 2.45) is 5.84 Å². The standard InChI is InChI=1S/C13H14ClFN4/c1-8-6-18-13(7-17-8)12(19-16)5-9-4-10(15)2-3-11(9)14/h2-4,6-7,12,19H,5,16H2,1H3. The Labute approximate surface area is 115 Å². The van der Waals surface area contributed by atoms with Crippen molar-refractivity contribution in [3.8, 4) is 0 Å². The van der Waals surface area contributed by atoms with E-state index in [1.54, 1.807) is 12.4 Å². The van der Waals surface area contributed by atoms with Crippen LogP contribution in [0.1, 0.15) is 23.0 Å². The fourth-order valence-corrected chi connectivity index (χ4v) is 1.95. The Morgan fingerprint density at radius 1 is 1.37 bits per heavy atom. The van der Waals surface area contributed by atoms with Crippen LogP contribution in [0, 0.1) is 12.7 Å². The average Bonchev–Trinajstić information content (AvgIpc) is 2.41. The van der Waals surface area contributed by atoms with Crippen LogP contribution in [-0.2, 0) is 6.42 Å². The molecule has 100 valence electrons. The number of hydrogen-bond acceptors (Lipinski definition) is 4. The zero-order valence-corrected chi connectivity index (χ0v) is 11.2. The molecule has 0 saturated heterocycles. The van der Waals surface area contributed by atoms with Gasteiger partial charge in [-0.25, -0.2) is 4.39 Å². The SMILES string of the molecule is Cc1cnc(C(Cc2cc(F)ccc2Cl)NN)cn1. The molecule has 4 nitrogen and oxygen atoms in total. The minimum Gasteiger partial charge on any atom is -0.271 e. The van der Waals surface area contributed by atoms with Gasteiger partial charge in [-0.1, -0.05) is 11.6 Å². The van der Waals surface area contributed by atoms with E-state index >= 15 is 0 Å². The molecule has 0 fully saturated rings. The molecule has 0 spiro atoms. The Bertz CT molecular complexity index is 559. The number of aryl methyl sites for hydroxylation is 1. The van der Waals surface area contributed by atoms with E-state index in [0.29, 0.717) is 22.7 Å². The van der Waals surface area contributed by atoms with Crippen molar-refractivity contribution >= 4 is 11.6 Å². The first-order valence-corrected chi connectivity index (χ1v) is 6.16. The maximum absolute atomic E-state index is 13.2. The number of aromatic nitrogens is 2. The summed E-state index contributed by atoms with van der Waals surface area (Å²) in [5.41, 5.74) is 4.83. The van der Waals surface area contributed by atoms with E-state index in [9.17, 15) is 4.39 Å². The summed E-state index contributed by atoms with van der Waals surface area (Å²) in [5.74, 6) is 5.20. The summed E-state index contributed by atoms with van der Waals surface area (Å²) in [7, 11) is 0. The fourth-order valence-electron chi connectivity index (χ4n) is 1.75. The van der Waals surface area contributed by atoms with Gasteiger partial charge in [0, 0.05) is 11.2 Å². The molecule has 19 heavy (non-hydrogen) atoms. The Morgan fingerprint density at radius 2 is 2.16 bits per heavy atom. The number of nitrogens with zero attached hydrogens (tertiary/aromatic N) is 2. The molecule has 2 rings (SSSR count). The van der Waals surface area contributed by atoms with E-state index in [2.05, 4.69) is 15.4 Å². The van der Waals surface area contributed by atoms with Crippen LogP contribution < -0.4 is 11.3 Å². The van der Waals surface area contributed by atoms with Crippen LogP contribution in [0.5, 0.6) is 0 Å². The molecule has 6 heteroatoms. The van der Waals surface area contributed by atoms with E-state index in [1.807, 2.05) is 6.92 Å². The number of benzene rings is 1. The molecular formula is C13H14ClFN4. The van der Waals surface area contributed by atoms with Gasteiger partial charge in [0.15, 0.2) is 0 Å². The zero-order chi connectivity index (χ0) is 13.8. The molecule has 0 bridgehead atoms. The van der Waals surface area contributed by atoms with Crippen LogP contribution in [0.3, 0.4) is 0 Å². The summed E-state index contributed by atoms with van der Waals surface area (Å²) in [6.07, 6.45) is 3.74. The second-order valence-corrected chi connectivity index (χ2v) is 4.65. The topological polar surface area (TPSA) is 63.8 Å². The van der Waals surface area contributed by atoms with Crippen molar-refractivity contribution in [3.05, 3.63) is 58.4 Å². The minimum absolute atomic E-state index is 0.271. The van der Waals surface area contributed by atoms with Crippen molar-refractivity contribution in [3.63, 3.8) is 0 Å². The summed E-state index contributed by atoms with van der Waals surface area (Å²) < 4.78 is 13.2. The lowest BCUT2D eigenvalue weighted by Gasteiger charge is -2.16. The van der Waals surface area contributed by atoms with Gasteiger partial charge in [-0.05, 0) is 37.1 Å². The number of nitrogens with two attached hydrogens (primary N) is 1. The molecule has 0 aliphatic heterocycles. The lowest BCUT2D eigenvalue weighted by atomic mass is 10.0. The molecule has 0 radical (unpaired) electrons. The van der Waals surface area contributed by atoms with E-state index in [1.165, 1.54) is 18.2 Å². The van der Waals surface area contributed by atoms with Gasteiger partial charge in [0.1, 0.15) is 5.82 Å². The van der Waals surface area contributed by atoms with Crippen LogP contribution in [0.25, 0.3) is 0 Å². The molecule has 0 aliphatic rings. The van der Waals surface area contributed by atoms with Crippen LogP contribution >= 0.6 is 11.6 Å². The van der Waals surface area contributed by atoms with Gasteiger partial charge in [-0.15, -0.1) is 0 Å². The lowest BCUT2D eigenvalue weighted by Crippen LogP contribution is -2.30. The maximum Gasteiger partial charge on any atom is 0.123 e. The predicted octanol–water partition coefficient (Wildman–Crippen LogP) is 2.32. The van der Waals surface area contributed by atoms with E-state index in [4.69, 9.17) is 17.4 Å². The Morgan fingerprint density at radius 3 is 2.79 bits per heavy atom. The molecule has 1 unspecified atom stereocenters. The summed E-state index contributed by atoms with van der Waals surface area (Å²) >= 11 is 6.04. The van der Waals surface area contributed by atoms with Crippen molar-refractivity contribution in [1.29, 1.82) is 0 Å². The number of rotatable bonds is 4. The van der Waals surface area contributed by atoms with Gasteiger partial charge in [-0.2, -0.15) is 0 Å². The maximum atomic E-state index is 13.2. The van der Waals surface area contributed by atoms with Crippen molar-refractivity contribution in [2.45, 2.75) is 19.4 Å². The average molecular weight is 281 g/mol. The molecule has 0 saturated carbocycles. The van der Waals surface area contributed by atoms with Gasteiger partial charge >= 0.3 is 0 Å². The van der Waals surface area contributed by atoms with Crippen molar-refractivity contribution in [2.75, 3.05) is 0 Å². The first-order valence-electron chi connectivity index (χ1n) is 5.78. The van der Waals surface area contributed by atoms with Gasteiger partial charge in [0.2, 0.25) is 0 Å². The second-order valence-electron chi connectivity index (χ2n) is 4.24. The summed E-state index contributed by atoms with van der Waals surface area (Å²) in [6, 6.07) is 3.98. The fraction of sp³-hybridized carbons (Fsp3) is 0.231. The second kappa shape index (κ2) is 6.06. The molecule has 0 amide bonds.